The lowest BCUT2D eigenvalue weighted by molar-refractivity contribution is -0.120. The van der Waals surface area contributed by atoms with Gasteiger partial charge in [-0.15, -0.1) is 0 Å². The van der Waals surface area contributed by atoms with Crippen molar-refractivity contribution in [3.8, 4) is 0 Å². The van der Waals surface area contributed by atoms with E-state index in [1.54, 1.807) is 0 Å². The molecule has 0 heterocycles. The molecule has 4 heteroatoms. The fraction of sp³-hybridized carbons (Fsp3) is 0.923. The molecule has 0 spiro atoms. The predicted octanol–water partition coefficient (Wildman–Crippen LogP) is 1.16. The average molecular weight is 242 g/mol. The molecule has 1 aliphatic rings. The normalized spacial score (nSPS) is 15.2. The summed E-state index contributed by atoms with van der Waals surface area (Å²) in [5.74, 6) is 1.57. The van der Waals surface area contributed by atoms with E-state index < -0.39 is 0 Å². The molecule has 0 saturated heterocycles. The first-order chi connectivity index (χ1) is 8.18. The minimum atomic E-state index is 0.0677. The van der Waals surface area contributed by atoms with Crippen LogP contribution >= 0.6 is 0 Å². The molecule has 1 fully saturated rings. The number of rotatable bonds is 10. The van der Waals surface area contributed by atoms with E-state index in [0.29, 0.717) is 25.6 Å². The zero-order valence-corrected chi connectivity index (χ0v) is 11.1. The molecule has 1 saturated carbocycles. The van der Waals surface area contributed by atoms with Crippen LogP contribution in [0.4, 0.5) is 0 Å². The van der Waals surface area contributed by atoms with Crippen LogP contribution in [0.5, 0.6) is 0 Å². The molecule has 4 nitrogen and oxygen atoms in total. The van der Waals surface area contributed by atoms with E-state index in [1.165, 1.54) is 12.8 Å². The lowest BCUT2D eigenvalue weighted by Gasteiger charge is -2.08. The monoisotopic (exact) mass is 242 g/mol. The smallest absolute Gasteiger partial charge is 0.234 e. The van der Waals surface area contributed by atoms with E-state index in [2.05, 4.69) is 24.5 Å². The second-order valence-corrected chi connectivity index (χ2v) is 5.22. The molecule has 0 aromatic heterocycles. The molecule has 0 atom stereocenters. The van der Waals surface area contributed by atoms with Gasteiger partial charge in [-0.05, 0) is 37.6 Å². The summed E-state index contributed by atoms with van der Waals surface area (Å²) < 4.78 is 5.41. The quantitative estimate of drug-likeness (QED) is 0.565. The number of carbonyl (C=O) groups excluding carboxylic acids is 1. The van der Waals surface area contributed by atoms with E-state index in [1.807, 2.05) is 0 Å². The molecular formula is C13H26N2O2. The molecule has 1 aliphatic carbocycles. The molecule has 2 N–H and O–H groups in total. The first-order valence-corrected chi connectivity index (χ1v) is 6.73. The second kappa shape index (κ2) is 8.48. The van der Waals surface area contributed by atoms with Gasteiger partial charge in [0.2, 0.25) is 5.91 Å². The second-order valence-electron chi connectivity index (χ2n) is 5.22. The van der Waals surface area contributed by atoms with E-state index in [0.717, 1.165) is 25.5 Å². The van der Waals surface area contributed by atoms with Crippen LogP contribution in [0.15, 0.2) is 0 Å². The third-order valence-electron chi connectivity index (χ3n) is 2.82. The summed E-state index contributed by atoms with van der Waals surface area (Å²) in [5, 5.41) is 6.00. The van der Waals surface area contributed by atoms with Crippen LogP contribution in [-0.4, -0.2) is 38.8 Å². The number of carbonyl (C=O) groups is 1. The Kier molecular flexibility index (Phi) is 7.21. The number of hydrogen-bond acceptors (Lipinski definition) is 3. The zero-order chi connectivity index (χ0) is 12.5. The standard InChI is InChI=1S/C13H26N2O2/c1-11(2)5-7-17-8-6-15-13(16)10-14-9-12-3-4-12/h11-12,14H,3-10H2,1-2H3,(H,15,16). The van der Waals surface area contributed by atoms with Gasteiger partial charge >= 0.3 is 0 Å². The van der Waals surface area contributed by atoms with Crippen LogP contribution < -0.4 is 10.6 Å². The van der Waals surface area contributed by atoms with Gasteiger partial charge in [0.05, 0.1) is 13.2 Å². The van der Waals surface area contributed by atoms with E-state index in [9.17, 15) is 4.79 Å². The van der Waals surface area contributed by atoms with Gasteiger partial charge < -0.3 is 15.4 Å². The Labute approximate surface area is 104 Å². The minimum Gasteiger partial charge on any atom is -0.380 e. The van der Waals surface area contributed by atoms with Crippen molar-refractivity contribution in [1.82, 2.24) is 10.6 Å². The van der Waals surface area contributed by atoms with Crippen LogP contribution in [0.25, 0.3) is 0 Å². The summed E-state index contributed by atoms with van der Waals surface area (Å²) in [6.45, 7) is 7.78. The molecule has 100 valence electrons. The summed E-state index contributed by atoms with van der Waals surface area (Å²) in [6.07, 6.45) is 3.72. The SMILES string of the molecule is CC(C)CCOCCNC(=O)CNCC1CC1. The van der Waals surface area contributed by atoms with Crippen LogP contribution in [0, 0.1) is 11.8 Å². The summed E-state index contributed by atoms with van der Waals surface area (Å²) >= 11 is 0. The molecule has 0 radical (unpaired) electrons. The number of ether oxygens (including phenoxy) is 1. The molecule has 0 aromatic carbocycles. The topological polar surface area (TPSA) is 50.4 Å². The first kappa shape index (κ1) is 14.5. The molecular weight excluding hydrogens is 216 g/mol. The summed E-state index contributed by atoms with van der Waals surface area (Å²) in [6, 6.07) is 0. The van der Waals surface area contributed by atoms with E-state index >= 15 is 0 Å². The van der Waals surface area contributed by atoms with Gasteiger partial charge in [-0.2, -0.15) is 0 Å². The summed E-state index contributed by atoms with van der Waals surface area (Å²) in [7, 11) is 0. The van der Waals surface area contributed by atoms with Gasteiger partial charge in [0.25, 0.3) is 0 Å². The number of hydrogen-bond donors (Lipinski definition) is 2. The first-order valence-electron chi connectivity index (χ1n) is 6.73. The van der Waals surface area contributed by atoms with Crippen LogP contribution in [0.3, 0.4) is 0 Å². The molecule has 0 bridgehead atoms. The highest BCUT2D eigenvalue weighted by Crippen LogP contribution is 2.27. The molecule has 1 amide bonds. The van der Waals surface area contributed by atoms with Gasteiger partial charge in [-0.3, -0.25) is 4.79 Å². The lowest BCUT2D eigenvalue weighted by Crippen LogP contribution is -2.36. The Morgan fingerprint density at radius 1 is 1.35 bits per heavy atom. The number of amides is 1. The van der Waals surface area contributed by atoms with Gasteiger partial charge in [-0.1, -0.05) is 13.8 Å². The van der Waals surface area contributed by atoms with Crippen molar-refractivity contribution < 1.29 is 9.53 Å². The summed E-state index contributed by atoms with van der Waals surface area (Å²) in [4.78, 5) is 11.4. The van der Waals surface area contributed by atoms with Gasteiger partial charge in [0, 0.05) is 13.2 Å². The average Bonchev–Trinajstić information content (AvgIpc) is 3.06. The lowest BCUT2D eigenvalue weighted by atomic mass is 10.1. The van der Waals surface area contributed by atoms with E-state index in [-0.39, 0.29) is 5.91 Å². The largest absolute Gasteiger partial charge is 0.380 e. The Bertz CT molecular complexity index is 215. The maximum absolute atomic E-state index is 11.4. The van der Waals surface area contributed by atoms with Crippen molar-refractivity contribution in [2.45, 2.75) is 33.1 Å². The Balaban J connectivity index is 1.79. The highest BCUT2D eigenvalue weighted by Gasteiger charge is 2.20. The Morgan fingerprint density at radius 2 is 2.12 bits per heavy atom. The fourth-order valence-electron chi connectivity index (χ4n) is 1.46. The van der Waals surface area contributed by atoms with Crippen molar-refractivity contribution in [2.75, 3.05) is 32.8 Å². The van der Waals surface area contributed by atoms with Crippen LogP contribution in [-0.2, 0) is 9.53 Å². The van der Waals surface area contributed by atoms with Crippen molar-refractivity contribution in [3.63, 3.8) is 0 Å². The third-order valence-corrected chi connectivity index (χ3v) is 2.82. The molecule has 0 aliphatic heterocycles. The minimum absolute atomic E-state index is 0.0677. The molecule has 17 heavy (non-hydrogen) atoms. The van der Waals surface area contributed by atoms with Gasteiger partial charge in [0.1, 0.15) is 0 Å². The van der Waals surface area contributed by atoms with Crippen molar-refractivity contribution >= 4 is 5.91 Å². The molecule has 0 aromatic rings. The fourth-order valence-corrected chi connectivity index (χ4v) is 1.46. The summed E-state index contributed by atoms with van der Waals surface area (Å²) in [5.41, 5.74) is 0. The maximum Gasteiger partial charge on any atom is 0.234 e. The highest BCUT2D eigenvalue weighted by molar-refractivity contribution is 5.77. The van der Waals surface area contributed by atoms with Crippen LogP contribution in [0.1, 0.15) is 33.1 Å². The Hall–Kier alpha value is -0.610. The third kappa shape index (κ3) is 9.12. The van der Waals surface area contributed by atoms with Crippen molar-refractivity contribution in [3.05, 3.63) is 0 Å². The molecule has 1 rings (SSSR count). The zero-order valence-electron chi connectivity index (χ0n) is 11.1. The Morgan fingerprint density at radius 3 is 2.76 bits per heavy atom. The highest BCUT2D eigenvalue weighted by atomic mass is 16.5. The van der Waals surface area contributed by atoms with Gasteiger partial charge in [0.15, 0.2) is 0 Å². The predicted molar refractivity (Wildman–Crippen MR) is 68.9 cm³/mol. The number of nitrogens with one attached hydrogen (secondary N) is 2. The molecule has 0 unspecified atom stereocenters. The van der Waals surface area contributed by atoms with Gasteiger partial charge in [-0.25, -0.2) is 0 Å². The van der Waals surface area contributed by atoms with E-state index in [4.69, 9.17) is 4.74 Å². The van der Waals surface area contributed by atoms with Crippen molar-refractivity contribution in [1.29, 1.82) is 0 Å². The van der Waals surface area contributed by atoms with Crippen LogP contribution in [0.2, 0.25) is 0 Å². The maximum atomic E-state index is 11.4. The van der Waals surface area contributed by atoms with Crippen molar-refractivity contribution in [2.24, 2.45) is 11.8 Å².